The van der Waals surface area contributed by atoms with E-state index in [9.17, 15) is 8.42 Å². The predicted octanol–water partition coefficient (Wildman–Crippen LogP) is 4.12. The van der Waals surface area contributed by atoms with Crippen LogP contribution in [-0.4, -0.2) is 24.4 Å². The van der Waals surface area contributed by atoms with Crippen LogP contribution in [0.3, 0.4) is 0 Å². The summed E-state index contributed by atoms with van der Waals surface area (Å²) < 4.78 is 27.5. The Kier molecular flexibility index (Phi) is 5.48. The van der Waals surface area contributed by atoms with Gasteiger partial charge in [-0.25, -0.2) is 23.1 Å². The molecule has 0 bridgehead atoms. The SMILES string of the molecule is O=S(=O)(NCc1nc(NC2CCCC2)c2cc(Cl)ccc2n1)c1ccccc1. The van der Waals surface area contributed by atoms with Crippen molar-refractivity contribution in [2.75, 3.05) is 5.32 Å². The monoisotopic (exact) mass is 416 g/mol. The Morgan fingerprint density at radius 1 is 1.04 bits per heavy atom. The van der Waals surface area contributed by atoms with Crippen molar-refractivity contribution in [2.24, 2.45) is 0 Å². The molecule has 1 aliphatic carbocycles. The van der Waals surface area contributed by atoms with E-state index in [4.69, 9.17) is 11.6 Å². The predicted molar refractivity (Wildman–Crippen MR) is 111 cm³/mol. The second kappa shape index (κ2) is 8.03. The van der Waals surface area contributed by atoms with Crippen molar-refractivity contribution < 1.29 is 8.42 Å². The number of nitrogens with zero attached hydrogens (tertiary/aromatic N) is 2. The minimum absolute atomic E-state index is 0.00907. The molecular formula is C20H21ClN4O2S. The molecule has 2 N–H and O–H groups in total. The second-order valence-corrected chi connectivity index (χ2v) is 9.12. The molecule has 0 atom stereocenters. The Balaban J connectivity index is 1.62. The highest BCUT2D eigenvalue weighted by atomic mass is 35.5. The van der Waals surface area contributed by atoms with Gasteiger partial charge >= 0.3 is 0 Å². The lowest BCUT2D eigenvalue weighted by Gasteiger charge is -2.16. The third-order valence-electron chi connectivity index (χ3n) is 4.87. The summed E-state index contributed by atoms with van der Waals surface area (Å²) in [6, 6.07) is 14.1. The minimum Gasteiger partial charge on any atom is -0.367 e. The van der Waals surface area contributed by atoms with E-state index in [2.05, 4.69) is 20.0 Å². The van der Waals surface area contributed by atoms with E-state index in [1.54, 1.807) is 36.4 Å². The van der Waals surface area contributed by atoms with Gasteiger partial charge in [0, 0.05) is 16.5 Å². The minimum atomic E-state index is -3.63. The smallest absolute Gasteiger partial charge is 0.240 e. The van der Waals surface area contributed by atoms with Crippen molar-refractivity contribution in [3.63, 3.8) is 0 Å². The van der Waals surface area contributed by atoms with Crippen LogP contribution in [0.15, 0.2) is 53.4 Å². The highest BCUT2D eigenvalue weighted by Crippen LogP contribution is 2.28. The Hall–Kier alpha value is -2.22. The number of fused-ring (bicyclic) bond motifs is 1. The number of hydrogen-bond donors (Lipinski definition) is 2. The Morgan fingerprint density at radius 3 is 2.54 bits per heavy atom. The largest absolute Gasteiger partial charge is 0.367 e. The average molecular weight is 417 g/mol. The number of nitrogens with one attached hydrogen (secondary N) is 2. The molecule has 0 aliphatic heterocycles. The molecule has 1 aromatic heterocycles. The standard InChI is InChI=1S/C20H21ClN4O2S/c21-14-10-11-18-17(12-14)20(23-15-6-4-5-7-15)25-19(24-18)13-22-28(26,27)16-8-2-1-3-9-16/h1-3,8-12,15,22H,4-7,13H2,(H,23,24,25). The molecule has 1 saturated carbocycles. The maximum atomic E-state index is 12.5. The molecule has 0 spiro atoms. The molecular weight excluding hydrogens is 396 g/mol. The van der Waals surface area contributed by atoms with Gasteiger partial charge < -0.3 is 5.32 Å². The lowest BCUT2D eigenvalue weighted by atomic mass is 10.2. The number of hydrogen-bond acceptors (Lipinski definition) is 5. The zero-order valence-corrected chi connectivity index (χ0v) is 16.8. The molecule has 3 aromatic rings. The van der Waals surface area contributed by atoms with Crippen LogP contribution in [0.2, 0.25) is 5.02 Å². The molecule has 0 amide bonds. The first-order valence-electron chi connectivity index (χ1n) is 9.29. The molecule has 1 aliphatic rings. The zero-order valence-electron chi connectivity index (χ0n) is 15.2. The van der Waals surface area contributed by atoms with Gasteiger partial charge in [-0.2, -0.15) is 0 Å². The molecule has 6 nitrogen and oxygen atoms in total. The summed E-state index contributed by atoms with van der Waals surface area (Å²) >= 11 is 6.16. The summed E-state index contributed by atoms with van der Waals surface area (Å²) in [5.41, 5.74) is 0.730. The van der Waals surface area contributed by atoms with Gasteiger partial charge in [0.15, 0.2) is 0 Å². The molecule has 1 heterocycles. The second-order valence-electron chi connectivity index (χ2n) is 6.91. The molecule has 0 saturated heterocycles. The number of rotatable bonds is 6. The van der Waals surface area contributed by atoms with E-state index in [0.29, 0.717) is 22.7 Å². The fourth-order valence-electron chi connectivity index (χ4n) is 3.44. The number of sulfonamides is 1. The Bertz CT molecular complexity index is 1080. The lowest BCUT2D eigenvalue weighted by Crippen LogP contribution is -2.25. The number of anilines is 1. The summed E-state index contributed by atoms with van der Waals surface area (Å²) in [5, 5.41) is 4.95. The van der Waals surface area contributed by atoms with E-state index < -0.39 is 10.0 Å². The quantitative estimate of drug-likeness (QED) is 0.631. The summed E-state index contributed by atoms with van der Waals surface area (Å²) in [6.07, 6.45) is 4.60. The summed E-state index contributed by atoms with van der Waals surface area (Å²) in [4.78, 5) is 9.32. The van der Waals surface area contributed by atoms with Crippen LogP contribution in [0, 0.1) is 0 Å². The van der Waals surface area contributed by atoms with Gasteiger partial charge in [-0.15, -0.1) is 0 Å². The topological polar surface area (TPSA) is 84.0 Å². The first-order chi connectivity index (χ1) is 13.5. The van der Waals surface area contributed by atoms with Gasteiger partial charge in [-0.05, 0) is 43.2 Å². The highest BCUT2D eigenvalue weighted by molar-refractivity contribution is 7.89. The molecule has 4 rings (SSSR count). The maximum Gasteiger partial charge on any atom is 0.240 e. The van der Waals surface area contributed by atoms with E-state index in [0.717, 1.165) is 23.7 Å². The Morgan fingerprint density at radius 2 is 1.79 bits per heavy atom. The molecule has 0 unspecified atom stereocenters. The van der Waals surface area contributed by atoms with Crippen LogP contribution in [0.1, 0.15) is 31.5 Å². The third kappa shape index (κ3) is 4.27. The maximum absolute atomic E-state index is 12.5. The van der Waals surface area contributed by atoms with Crippen LogP contribution < -0.4 is 10.0 Å². The fraction of sp³-hybridized carbons (Fsp3) is 0.300. The van der Waals surface area contributed by atoms with Crippen molar-refractivity contribution in [1.29, 1.82) is 0 Å². The van der Waals surface area contributed by atoms with Gasteiger partial charge in [-0.3, -0.25) is 0 Å². The number of halogens is 1. The fourth-order valence-corrected chi connectivity index (χ4v) is 4.62. The summed E-state index contributed by atoms with van der Waals surface area (Å²) in [7, 11) is -3.63. The molecule has 146 valence electrons. The van der Waals surface area contributed by atoms with Gasteiger partial charge in [-0.1, -0.05) is 42.6 Å². The zero-order chi connectivity index (χ0) is 19.6. The molecule has 0 radical (unpaired) electrons. The molecule has 1 fully saturated rings. The van der Waals surface area contributed by atoms with Gasteiger partial charge in [0.25, 0.3) is 0 Å². The first kappa shape index (κ1) is 19.1. The van der Waals surface area contributed by atoms with Gasteiger partial charge in [0.1, 0.15) is 11.6 Å². The van der Waals surface area contributed by atoms with Gasteiger partial charge in [0.05, 0.1) is 17.0 Å². The van der Waals surface area contributed by atoms with Crippen LogP contribution >= 0.6 is 11.6 Å². The molecule has 28 heavy (non-hydrogen) atoms. The molecule has 2 aromatic carbocycles. The molecule has 8 heteroatoms. The number of aromatic nitrogens is 2. The first-order valence-corrected chi connectivity index (χ1v) is 11.1. The van der Waals surface area contributed by atoms with Crippen molar-refractivity contribution >= 4 is 38.3 Å². The Labute approximate surface area is 169 Å². The van der Waals surface area contributed by atoms with Crippen LogP contribution in [0.4, 0.5) is 5.82 Å². The van der Waals surface area contributed by atoms with E-state index in [1.807, 2.05) is 12.1 Å². The van der Waals surface area contributed by atoms with Crippen LogP contribution in [0.5, 0.6) is 0 Å². The van der Waals surface area contributed by atoms with E-state index in [1.165, 1.54) is 12.8 Å². The van der Waals surface area contributed by atoms with E-state index in [-0.39, 0.29) is 11.4 Å². The van der Waals surface area contributed by atoms with Crippen molar-refractivity contribution in [2.45, 2.75) is 43.2 Å². The number of benzene rings is 2. The van der Waals surface area contributed by atoms with Crippen LogP contribution in [0.25, 0.3) is 10.9 Å². The van der Waals surface area contributed by atoms with Crippen LogP contribution in [-0.2, 0) is 16.6 Å². The lowest BCUT2D eigenvalue weighted by molar-refractivity contribution is 0.579. The van der Waals surface area contributed by atoms with E-state index >= 15 is 0 Å². The average Bonchev–Trinajstić information content (AvgIpc) is 3.21. The summed E-state index contributed by atoms with van der Waals surface area (Å²) in [5.74, 6) is 1.11. The summed E-state index contributed by atoms with van der Waals surface area (Å²) in [6.45, 7) is 0.00907. The van der Waals surface area contributed by atoms with Crippen molar-refractivity contribution in [3.8, 4) is 0 Å². The highest BCUT2D eigenvalue weighted by Gasteiger charge is 2.19. The normalized spacial score (nSPS) is 15.2. The third-order valence-corrected chi connectivity index (χ3v) is 6.53. The van der Waals surface area contributed by atoms with Gasteiger partial charge in [0.2, 0.25) is 10.0 Å². The van der Waals surface area contributed by atoms with Crippen molar-refractivity contribution in [3.05, 3.63) is 59.4 Å². The van der Waals surface area contributed by atoms with Crippen molar-refractivity contribution in [1.82, 2.24) is 14.7 Å².